The zero-order valence-corrected chi connectivity index (χ0v) is 14.6. The lowest BCUT2D eigenvalue weighted by atomic mass is 9.94. The number of carbonyl (C=O) groups is 1. The molecular formula is C17H22N4OS. The highest BCUT2D eigenvalue weighted by atomic mass is 32.1. The summed E-state index contributed by atoms with van der Waals surface area (Å²) in [7, 11) is 2.01. The predicted octanol–water partition coefficient (Wildman–Crippen LogP) is 2.33. The van der Waals surface area contributed by atoms with Crippen LogP contribution in [0.5, 0.6) is 0 Å². The van der Waals surface area contributed by atoms with Gasteiger partial charge in [-0.25, -0.2) is 0 Å². The molecule has 3 rings (SSSR count). The van der Waals surface area contributed by atoms with Gasteiger partial charge in [0.25, 0.3) is 0 Å². The summed E-state index contributed by atoms with van der Waals surface area (Å²) in [5.41, 5.74) is 3.57. The number of hydrogen-bond donors (Lipinski definition) is 1. The molecule has 23 heavy (non-hydrogen) atoms. The quantitative estimate of drug-likeness (QED) is 0.935. The minimum absolute atomic E-state index is 0.0742. The highest BCUT2D eigenvalue weighted by Crippen LogP contribution is 2.23. The zero-order valence-electron chi connectivity index (χ0n) is 13.7. The Bertz CT molecular complexity index is 697. The molecule has 0 saturated heterocycles. The number of rotatable bonds is 4. The third kappa shape index (κ3) is 3.43. The standard InChI is InChI=1S/C17H22N4OS/c1-11(2)16-15(23-20-19-16)9-18-17(22)14-8-12-6-4-5-7-13(12)10-21(14)3/h4-7,11,14H,8-10H2,1-3H3,(H,18,22). The molecule has 5 nitrogen and oxygen atoms in total. The van der Waals surface area contributed by atoms with Crippen molar-refractivity contribution in [3.63, 3.8) is 0 Å². The SMILES string of the molecule is CC(C)c1nnsc1CNC(=O)C1Cc2ccccc2CN1C. The number of hydrogen-bond acceptors (Lipinski definition) is 5. The molecule has 6 heteroatoms. The van der Waals surface area contributed by atoms with Crippen molar-refractivity contribution >= 4 is 17.4 Å². The lowest BCUT2D eigenvalue weighted by Gasteiger charge is -2.33. The van der Waals surface area contributed by atoms with Crippen LogP contribution >= 0.6 is 11.5 Å². The van der Waals surface area contributed by atoms with Gasteiger partial charge in [-0.2, -0.15) is 0 Å². The average Bonchev–Trinajstić information content (AvgIpc) is 3.00. The van der Waals surface area contributed by atoms with Crippen molar-refractivity contribution < 1.29 is 4.79 Å². The molecule has 1 unspecified atom stereocenters. The molecule has 0 radical (unpaired) electrons. The Morgan fingerprint density at radius 1 is 1.39 bits per heavy atom. The van der Waals surface area contributed by atoms with Crippen LogP contribution in [0.2, 0.25) is 0 Å². The number of amides is 1. The van der Waals surface area contributed by atoms with Gasteiger partial charge in [0, 0.05) is 6.54 Å². The maximum absolute atomic E-state index is 12.6. The fourth-order valence-corrected chi connectivity index (χ4v) is 3.74. The van der Waals surface area contributed by atoms with Gasteiger partial charge in [0.1, 0.15) is 0 Å². The van der Waals surface area contributed by atoms with E-state index in [2.05, 4.69) is 51.9 Å². The minimum atomic E-state index is -0.117. The number of nitrogens with zero attached hydrogens (tertiary/aromatic N) is 3. The third-order valence-corrected chi connectivity index (χ3v) is 5.08. The van der Waals surface area contributed by atoms with E-state index in [1.807, 2.05) is 13.1 Å². The maximum Gasteiger partial charge on any atom is 0.237 e. The second-order valence-corrected chi connectivity index (χ2v) is 7.20. The largest absolute Gasteiger partial charge is 0.350 e. The van der Waals surface area contributed by atoms with Crippen molar-refractivity contribution in [1.29, 1.82) is 0 Å². The van der Waals surface area contributed by atoms with Crippen LogP contribution in [-0.2, 0) is 24.3 Å². The average molecular weight is 330 g/mol. The highest BCUT2D eigenvalue weighted by molar-refractivity contribution is 7.05. The molecule has 1 aliphatic heterocycles. The van der Waals surface area contributed by atoms with E-state index in [1.54, 1.807) is 0 Å². The molecule has 0 saturated carbocycles. The van der Waals surface area contributed by atoms with Crippen LogP contribution in [0.15, 0.2) is 24.3 Å². The lowest BCUT2D eigenvalue weighted by Crippen LogP contribution is -2.48. The van der Waals surface area contributed by atoms with Gasteiger partial charge in [-0.1, -0.05) is 42.6 Å². The van der Waals surface area contributed by atoms with Crippen LogP contribution in [0.25, 0.3) is 0 Å². The molecule has 1 aliphatic rings. The van der Waals surface area contributed by atoms with E-state index in [4.69, 9.17) is 0 Å². The molecule has 0 spiro atoms. The highest BCUT2D eigenvalue weighted by Gasteiger charge is 2.29. The van der Waals surface area contributed by atoms with E-state index in [0.29, 0.717) is 12.5 Å². The Balaban J connectivity index is 1.66. The van der Waals surface area contributed by atoms with Crippen LogP contribution in [0, 0.1) is 0 Å². The fraction of sp³-hybridized carbons (Fsp3) is 0.471. The Morgan fingerprint density at radius 2 is 2.13 bits per heavy atom. The topological polar surface area (TPSA) is 58.1 Å². The molecule has 1 atom stereocenters. The number of likely N-dealkylation sites (N-methyl/N-ethyl adjacent to an activating group) is 1. The molecule has 2 heterocycles. The van der Waals surface area contributed by atoms with Crippen LogP contribution in [0.1, 0.15) is 41.5 Å². The zero-order chi connectivity index (χ0) is 16.4. The van der Waals surface area contributed by atoms with Crippen molar-refractivity contribution in [3.8, 4) is 0 Å². The van der Waals surface area contributed by atoms with Crippen LogP contribution in [0.3, 0.4) is 0 Å². The number of carbonyl (C=O) groups excluding carboxylic acids is 1. The second-order valence-electron chi connectivity index (χ2n) is 6.36. The van der Waals surface area contributed by atoms with Gasteiger partial charge in [0.15, 0.2) is 0 Å². The van der Waals surface area contributed by atoms with E-state index in [9.17, 15) is 4.79 Å². The number of benzene rings is 1. The molecule has 2 aromatic rings. The summed E-state index contributed by atoms with van der Waals surface area (Å²) in [4.78, 5) is 15.8. The summed E-state index contributed by atoms with van der Waals surface area (Å²) >= 11 is 1.37. The number of fused-ring (bicyclic) bond motifs is 1. The van der Waals surface area contributed by atoms with E-state index >= 15 is 0 Å². The molecule has 122 valence electrons. The molecule has 0 aliphatic carbocycles. The van der Waals surface area contributed by atoms with Crippen molar-refractivity contribution in [2.45, 2.75) is 45.3 Å². The van der Waals surface area contributed by atoms with Gasteiger partial charge >= 0.3 is 0 Å². The van der Waals surface area contributed by atoms with Crippen molar-refractivity contribution in [3.05, 3.63) is 46.0 Å². The van der Waals surface area contributed by atoms with Crippen LogP contribution in [-0.4, -0.2) is 33.5 Å². The Hall–Kier alpha value is -1.79. The summed E-state index contributed by atoms with van der Waals surface area (Å²) in [5.74, 6) is 0.398. The molecular weight excluding hydrogens is 308 g/mol. The maximum atomic E-state index is 12.6. The first-order valence-electron chi connectivity index (χ1n) is 7.92. The van der Waals surface area contributed by atoms with Gasteiger partial charge in [-0.05, 0) is 42.0 Å². The van der Waals surface area contributed by atoms with Gasteiger partial charge in [0.2, 0.25) is 5.91 Å². The second kappa shape index (κ2) is 6.76. The lowest BCUT2D eigenvalue weighted by molar-refractivity contribution is -0.126. The number of aromatic nitrogens is 2. The molecule has 0 bridgehead atoms. The monoisotopic (exact) mass is 330 g/mol. The predicted molar refractivity (Wildman–Crippen MR) is 91.2 cm³/mol. The van der Waals surface area contributed by atoms with E-state index in [1.165, 1.54) is 22.7 Å². The van der Waals surface area contributed by atoms with Gasteiger partial charge in [0.05, 0.1) is 23.2 Å². The normalized spacial score (nSPS) is 18.0. The summed E-state index contributed by atoms with van der Waals surface area (Å²) < 4.78 is 4.01. The summed E-state index contributed by atoms with van der Waals surface area (Å²) in [6.07, 6.45) is 0.760. The Kier molecular flexibility index (Phi) is 4.73. The fourth-order valence-electron chi connectivity index (χ4n) is 3.01. The first-order valence-corrected chi connectivity index (χ1v) is 8.69. The molecule has 1 aromatic carbocycles. The molecule has 1 N–H and O–H groups in total. The summed E-state index contributed by atoms with van der Waals surface area (Å²) in [6.45, 7) is 5.51. The van der Waals surface area contributed by atoms with E-state index < -0.39 is 0 Å². The first kappa shape index (κ1) is 16.1. The van der Waals surface area contributed by atoms with Crippen molar-refractivity contribution in [2.24, 2.45) is 0 Å². The summed E-state index contributed by atoms with van der Waals surface area (Å²) in [5, 5.41) is 7.22. The van der Waals surface area contributed by atoms with Crippen LogP contribution in [0.4, 0.5) is 0 Å². The summed E-state index contributed by atoms with van der Waals surface area (Å²) in [6, 6.07) is 8.23. The number of nitrogens with one attached hydrogen (secondary N) is 1. The Morgan fingerprint density at radius 3 is 2.87 bits per heavy atom. The molecule has 1 amide bonds. The van der Waals surface area contributed by atoms with Crippen molar-refractivity contribution in [1.82, 2.24) is 19.8 Å². The van der Waals surface area contributed by atoms with E-state index in [-0.39, 0.29) is 11.9 Å². The van der Waals surface area contributed by atoms with E-state index in [0.717, 1.165) is 23.5 Å². The Labute approximate surface area is 140 Å². The third-order valence-electron chi connectivity index (χ3n) is 4.34. The van der Waals surface area contributed by atoms with Gasteiger partial charge in [-0.15, -0.1) is 5.10 Å². The minimum Gasteiger partial charge on any atom is -0.350 e. The molecule has 0 fully saturated rings. The van der Waals surface area contributed by atoms with Crippen molar-refractivity contribution in [2.75, 3.05) is 7.05 Å². The molecule has 1 aromatic heterocycles. The van der Waals surface area contributed by atoms with Gasteiger partial charge < -0.3 is 5.32 Å². The van der Waals surface area contributed by atoms with Gasteiger partial charge in [-0.3, -0.25) is 9.69 Å². The first-order chi connectivity index (χ1) is 11.1. The smallest absolute Gasteiger partial charge is 0.237 e. The van der Waals surface area contributed by atoms with Crippen LogP contribution < -0.4 is 5.32 Å².